The van der Waals surface area contributed by atoms with Gasteiger partial charge in [-0.1, -0.05) is 37.1 Å². The molecule has 0 aliphatic heterocycles. The van der Waals surface area contributed by atoms with E-state index in [1.165, 1.54) is 24.0 Å². The molecule has 2 aliphatic rings. The molecule has 1 aromatic carbocycles. The zero-order chi connectivity index (χ0) is 13.4. The Labute approximate surface area is 119 Å². The molecular weight excluding hydrogens is 258 g/mol. The fraction of sp³-hybridized carbons (Fsp3) is 0.562. The minimum atomic E-state index is 0.0620. The van der Waals surface area contributed by atoms with Crippen LogP contribution in [0.1, 0.15) is 42.7 Å². The number of carbonyl (C=O) groups excluding carboxylic acids is 1. The molecule has 0 heterocycles. The number of likely N-dealkylation sites (N-methyl/N-ethyl adjacent to an activating group) is 1. The molecule has 3 atom stereocenters. The lowest BCUT2D eigenvalue weighted by molar-refractivity contribution is -0.134. The van der Waals surface area contributed by atoms with Crippen LogP contribution in [-0.2, 0) is 11.2 Å². The Balaban J connectivity index is 1.71. The molecule has 2 nitrogen and oxygen atoms in total. The summed E-state index contributed by atoms with van der Waals surface area (Å²) >= 11 is 6.39. The highest BCUT2D eigenvalue weighted by Gasteiger charge is 2.37. The van der Waals surface area contributed by atoms with Gasteiger partial charge in [0.2, 0.25) is 5.91 Å². The highest BCUT2D eigenvalue weighted by atomic mass is 35.5. The fourth-order valence-electron chi connectivity index (χ4n) is 3.39. The highest BCUT2D eigenvalue weighted by Crippen LogP contribution is 2.37. The molecule has 0 aromatic heterocycles. The summed E-state index contributed by atoms with van der Waals surface area (Å²) in [7, 11) is 1.93. The summed E-state index contributed by atoms with van der Waals surface area (Å²) in [5, 5.41) is 0.123. The van der Waals surface area contributed by atoms with Crippen LogP contribution in [0.3, 0.4) is 0 Å². The molecule has 3 unspecified atom stereocenters. The predicted octanol–water partition coefficient (Wildman–Crippen LogP) is 3.33. The first kappa shape index (κ1) is 13.0. The van der Waals surface area contributed by atoms with Crippen LogP contribution in [0.15, 0.2) is 24.3 Å². The van der Waals surface area contributed by atoms with Gasteiger partial charge in [0.05, 0.1) is 11.3 Å². The van der Waals surface area contributed by atoms with Crippen molar-refractivity contribution in [3.63, 3.8) is 0 Å². The molecule has 1 fully saturated rings. The number of fused-ring (bicyclic) bond motifs is 1. The van der Waals surface area contributed by atoms with Crippen molar-refractivity contribution in [2.75, 3.05) is 7.05 Å². The number of halogens is 1. The lowest BCUT2D eigenvalue weighted by Crippen LogP contribution is -2.47. The summed E-state index contributed by atoms with van der Waals surface area (Å²) in [6, 6.07) is 8.47. The SMILES string of the molecule is CN(C(=O)C1Cc2ccccc21)C1CCCCC1Cl. The number of nitrogens with zero attached hydrogens (tertiary/aromatic N) is 1. The third-order valence-corrected chi connectivity index (χ3v) is 5.15. The summed E-state index contributed by atoms with van der Waals surface area (Å²) in [4.78, 5) is 14.5. The quantitative estimate of drug-likeness (QED) is 0.760. The summed E-state index contributed by atoms with van der Waals surface area (Å²) in [5.41, 5.74) is 2.53. The molecule has 0 N–H and O–H groups in total. The fourth-order valence-corrected chi connectivity index (χ4v) is 3.84. The van der Waals surface area contributed by atoms with Gasteiger partial charge in [0.25, 0.3) is 0 Å². The average Bonchev–Trinajstić information content (AvgIpc) is 2.40. The third kappa shape index (κ3) is 2.27. The van der Waals surface area contributed by atoms with Gasteiger partial charge in [0.1, 0.15) is 0 Å². The second-order valence-corrected chi connectivity index (χ2v) is 6.33. The van der Waals surface area contributed by atoms with Crippen molar-refractivity contribution in [3.05, 3.63) is 35.4 Å². The lowest BCUT2D eigenvalue weighted by Gasteiger charge is -2.39. The Kier molecular flexibility index (Phi) is 3.53. The summed E-state index contributed by atoms with van der Waals surface area (Å²) < 4.78 is 0. The summed E-state index contributed by atoms with van der Waals surface area (Å²) in [6.07, 6.45) is 5.35. The molecule has 0 spiro atoms. The van der Waals surface area contributed by atoms with E-state index in [0.717, 1.165) is 19.3 Å². The first-order valence-electron chi connectivity index (χ1n) is 7.17. The Morgan fingerprint density at radius 1 is 1.26 bits per heavy atom. The Morgan fingerprint density at radius 2 is 2.00 bits per heavy atom. The molecule has 1 aromatic rings. The number of hydrogen-bond acceptors (Lipinski definition) is 1. The summed E-state index contributed by atoms with van der Waals surface area (Å²) in [6.45, 7) is 0. The maximum atomic E-state index is 12.6. The molecule has 0 saturated heterocycles. The minimum Gasteiger partial charge on any atom is -0.341 e. The van der Waals surface area contributed by atoms with Crippen LogP contribution in [-0.4, -0.2) is 29.3 Å². The molecular formula is C16H20ClNO. The first-order valence-corrected chi connectivity index (χ1v) is 7.60. The van der Waals surface area contributed by atoms with Gasteiger partial charge >= 0.3 is 0 Å². The van der Waals surface area contributed by atoms with Gasteiger partial charge in [-0.05, 0) is 30.4 Å². The predicted molar refractivity (Wildman–Crippen MR) is 77.6 cm³/mol. The van der Waals surface area contributed by atoms with Gasteiger partial charge in [-0.3, -0.25) is 4.79 Å². The standard InChI is InChI=1S/C16H20ClNO/c1-18(15-9-5-4-8-14(15)17)16(19)13-10-11-6-2-3-7-12(11)13/h2-3,6-7,13-15H,4-5,8-10H2,1H3. The molecule has 19 heavy (non-hydrogen) atoms. The van der Waals surface area contributed by atoms with E-state index >= 15 is 0 Å². The maximum Gasteiger partial charge on any atom is 0.230 e. The van der Waals surface area contributed by atoms with E-state index in [1.807, 2.05) is 24.1 Å². The van der Waals surface area contributed by atoms with Crippen molar-refractivity contribution in [2.24, 2.45) is 0 Å². The molecule has 0 bridgehead atoms. The van der Waals surface area contributed by atoms with Crippen molar-refractivity contribution in [3.8, 4) is 0 Å². The Morgan fingerprint density at radius 3 is 2.74 bits per heavy atom. The number of rotatable bonds is 2. The largest absolute Gasteiger partial charge is 0.341 e. The van der Waals surface area contributed by atoms with Crippen molar-refractivity contribution in [1.82, 2.24) is 4.90 Å². The second kappa shape index (κ2) is 5.16. The molecule has 3 heteroatoms. The van der Waals surface area contributed by atoms with E-state index in [1.54, 1.807) is 0 Å². The number of amides is 1. The van der Waals surface area contributed by atoms with Crippen LogP contribution in [0.5, 0.6) is 0 Å². The highest BCUT2D eigenvalue weighted by molar-refractivity contribution is 6.21. The maximum absolute atomic E-state index is 12.6. The lowest BCUT2D eigenvalue weighted by atomic mass is 9.76. The van der Waals surface area contributed by atoms with Crippen LogP contribution in [0.4, 0.5) is 0 Å². The van der Waals surface area contributed by atoms with Crippen molar-refractivity contribution >= 4 is 17.5 Å². The second-order valence-electron chi connectivity index (χ2n) is 5.77. The van der Waals surface area contributed by atoms with Crippen molar-refractivity contribution < 1.29 is 4.79 Å². The zero-order valence-electron chi connectivity index (χ0n) is 11.3. The normalized spacial score (nSPS) is 29.3. The van der Waals surface area contributed by atoms with Gasteiger partial charge in [-0.25, -0.2) is 0 Å². The molecule has 3 rings (SSSR count). The van der Waals surface area contributed by atoms with Crippen LogP contribution in [0, 0.1) is 0 Å². The number of carbonyl (C=O) groups is 1. The van der Waals surface area contributed by atoms with Crippen LogP contribution in [0.25, 0.3) is 0 Å². The first-order chi connectivity index (χ1) is 9.18. The van der Waals surface area contributed by atoms with E-state index < -0.39 is 0 Å². The van der Waals surface area contributed by atoms with E-state index in [9.17, 15) is 4.79 Å². The van der Waals surface area contributed by atoms with Gasteiger partial charge in [-0.15, -0.1) is 11.6 Å². The van der Waals surface area contributed by atoms with Gasteiger partial charge < -0.3 is 4.90 Å². The smallest absolute Gasteiger partial charge is 0.230 e. The Bertz CT molecular complexity index is 487. The van der Waals surface area contributed by atoms with Gasteiger partial charge in [0.15, 0.2) is 0 Å². The third-order valence-electron chi connectivity index (χ3n) is 4.65. The Hall–Kier alpha value is -1.02. The van der Waals surface area contributed by atoms with E-state index in [-0.39, 0.29) is 23.2 Å². The minimum absolute atomic E-state index is 0.0620. The number of alkyl halides is 1. The monoisotopic (exact) mass is 277 g/mol. The summed E-state index contributed by atoms with van der Waals surface area (Å²) in [5.74, 6) is 0.309. The zero-order valence-corrected chi connectivity index (χ0v) is 12.1. The van der Waals surface area contributed by atoms with Crippen LogP contribution in [0.2, 0.25) is 0 Å². The molecule has 1 amide bonds. The van der Waals surface area contributed by atoms with Gasteiger partial charge in [-0.2, -0.15) is 0 Å². The van der Waals surface area contributed by atoms with Crippen LogP contribution < -0.4 is 0 Å². The topological polar surface area (TPSA) is 20.3 Å². The molecule has 102 valence electrons. The van der Waals surface area contributed by atoms with E-state index in [0.29, 0.717) is 0 Å². The average molecular weight is 278 g/mol. The van der Waals surface area contributed by atoms with E-state index in [2.05, 4.69) is 12.1 Å². The van der Waals surface area contributed by atoms with Crippen molar-refractivity contribution in [1.29, 1.82) is 0 Å². The van der Waals surface area contributed by atoms with Crippen molar-refractivity contribution in [2.45, 2.75) is 49.4 Å². The van der Waals surface area contributed by atoms with Crippen LogP contribution >= 0.6 is 11.6 Å². The number of benzene rings is 1. The number of hydrogen-bond donors (Lipinski definition) is 0. The van der Waals surface area contributed by atoms with Gasteiger partial charge in [0, 0.05) is 13.1 Å². The molecule has 0 radical (unpaired) electrons. The van der Waals surface area contributed by atoms with E-state index in [4.69, 9.17) is 11.6 Å². The molecule has 1 saturated carbocycles. The molecule has 2 aliphatic carbocycles.